The maximum atomic E-state index is 5.43. The lowest BCUT2D eigenvalue weighted by Gasteiger charge is -1.89. The predicted molar refractivity (Wildman–Crippen MR) is 45.8 cm³/mol. The lowest BCUT2D eigenvalue weighted by atomic mass is 10.3. The van der Waals surface area contributed by atoms with E-state index in [1.54, 1.807) is 0 Å². The van der Waals surface area contributed by atoms with Crippen LogP contribution >= 0.6 is 28.3 Å². The Morgan fingerprint density at radius 2 is 2.00 bits per heavy atom. The second-order valence-electron chi connectivity index (χ2n) is 1.56. The number of anilines is 1. The molecule has 0 heterocycles. The second-order valence-corrected chi connectivity index (χ2v) is 2.47. The molecule has 0 aliphatic rings. The van der Waals surface area contributed by atoms with Crippen molar-refractivity contribution in [2.45, 2.75) is 0 Å². The largest absolute Gasteiger partial charge is 0.399 e. The molecule has 0 aliphatic heterocycles. The van der Waals surface area contributed by atoms with Crippen molar-refractivity contribution >= 4 is 34.0 Å². The van der Waals surface area contributed by atoms with E-state index in [1.807, 2.05) is 24.3 Å². The molecule has 0 atom stereocenters. The molecule has 0 unspecified atom stereocenters. The molecule has 1 aromatic carbocycles. The summed E-state index contributed by atoms with van der Waals surface area (Å²) in [6.07, 6.45) is 0. The van der Waals surface area contributed by atoms with Crippen LogP contribution in [0.1, 0.15) is 0 Å². The maximum Gasteiger partial charge on any atom is 0.0325 e. The lowest BCUT2D eigenvalue weighted by molar-refractivity contribution is 1.64. The number of benzene rings is 1. The standard InChI is InChI=1S/C6H6BrN.ClH/c7-5-2-1-3-6(8)4-5;/h1-4H,8H2;1H. The molecule has 0 aromatic heterocycles. The normalized spacial score (nSPS) is 8.11. The van der Waals surface area contributed by atoms with Gasteiger partial charge in [0, 0.05) is 10.2 Å². The quantitative estimate of drug-likeness (QED) is 0.651. The Labute approximate surface area is 68.8 Å². The molecular weight excluding hydrogens is 201 g/mol. The molecule has 2 N–H and O–H groups in total. The molecular formula is C6H7BrClN. The summed E-state index contributed by atoms with van der Waals surface area (Å²) in [5.41, 5.74) is 6.22. The van der Waals surface area contributed by atoms with Crippen LogP contribution in [0.5, 0.6) is 0 Å². The van der Waals surface area contributed by atoms with Crippen LogP contribution in [0.4, 0.5) is 5.69 Å². The number of nitrogen functional groups attached to an aromatic ring is 1. The summed E-state index contributed by atoms with van der Waals surface area (Å²) in [6, 6.07) is 7.56. The van der Waals surface area contributed by atoms with Gasteiger partial charge in [-0.15, -0.1) is 12.4 Å². The van der Waals surface area contributed by atoms with Gasteiger partial charge in [0.05, 0.1) is 0 Å². The minimum absolute atomic E-state index is 0. The molecule has 9 heavy (non-hydrogen) atoms. The Morgan fingerprint density at radius 3 is 2.33 bits per heavy atom. The van der Waals surface area contributed by atoms with E-state index in [0.717, 1.165) is 10.2 Å². The predicted octanol–water partition coefficient (Wildman–Crippen LogP) is 2.45. The van der Waals surface area contributed by atoms with Crippen LogP contribution in [0.3, 0.4) is 0 Å². The highest BCUT2D eigenvalue weighted by atomic mass is 79.9. The van der Waals surface area contributed by atoms with Crippen molar-refractivity contribution in [3.8, 4) is 0 Å². The van der Waals surface area contributed by atoms with Gasteiger partial charge in [0.25, 0.3) is 0 Å². The summed E-state index contributed by atoms with van der Waals surface area (Å²) >= 11 is 3.28. The van der Waals surface area contributed by atoms with Crippen molar-refractivity contribution in [1.29, 1.82) is 0 Å². The molecule has 0 fully saturated rings. The summed E-state index contributed by atoms with van der Waals surface area (Å²) in [5.74, 6) is 0. The maximum absolute atomic E-state index is 5.43. The monoisotopic (exact) mass is 207 g/mol. The van der Waals surface area contributed by atoms with E-state index >= 15 is 0 Å². The van der Waals surface area contributed by atoms with Crippen LogP contribution in [0.15, 0.2) is 28.7 Å². The fourth-order valence-corrected chi connectivity index (χ4v) is 0.924. The van der Waals surface area contributed by atoms with Crippen molar-refractivity contribution in [1.82, 2.24) is 0 Å². The van der Waals surface area contributed by atoms with Crippen molar-refractivity contribution in [2.24, 2.45) is 0 Å². The highest BCUT2D eigenvalue weighted by Crippen LogP contribution is 2.11. The van der Waals surface area contributed by atoms with Gasteiger partial charge in [-0.05, 0) is 18.2 Å². The lowest BCUT2D eigenvalue weighted by Crippen LogP contribution is -1.80. The summed E-state index contributed by atoms with van der Waals surface area (Å²) in [7, 11) is 0. The number of rotatable bonds is 0. The number of nitrogens with two attached hydrogens (primary N) is 1. The van der Waals surface area contributed by atoms with E-state index < -0.39 is 0 Å². The summed E-state index contributed by atoms with van der Waals surface area (Å²) in [5, 5.41) is 0. The van der Waals surface area contributed by atoms with E-state index in [2.05, 4.69) is 15.9 Å². The van der Waals surface area contributed by atoms with Gasteiger partial charge in [0.1, 0.15) is 0 Å². The van der Waals surface area contributed by atoms with E-state index in [-0.39, 0.29) is 12.4 Å². The second kappa shape index (κ2) is 3.75. The van der Waals surface area contributed by atoms with Crippen molar-refractivity contribution in [3.63, 3.8) is 0 Å². The fraction of sp³-hybridized carbons (Fsp3) is 0. The van der Waals surface area contributed by atoms with Crippen molar-refractivity contribution < 1.29 is 0 Å². The van der Waals surface area contributed by atoms with E-state index in [9.17, 15) is 0 Å². The summed E-state index contributed by atoms with van der Waals surface area (Å²) in [6.45, 7) is 0. The molecule has 1 nitrogen and oxygen atoms in total. The van der Waals surface area contributed by atoms with Crippen LogP contribution in [0.2, 0.25) is 0 Å². The highest BCUT2D eigenvalue weighted by Gasteiger charge is 1.82. The Kier molecular flexibility index (Phi) is 3.66. The summed E-state index contributed by atoms with van der Waals surface area (Å²) < 4.78 is 1.03. The van der Waals surface area contributed by atoms with Gasteiger partial charge in [0.15, 0.2) is 0 Å². The van der Waals surface area contributed by atoms with Crippen LogP contribution in [0.25, 0.3) is 0 Å². The zero-order valence-electron chi connectivity index (χ0n) is 4.67. The van der Waals surface area contributed by atoms with Gasteiger partial charge in [-0.3, -0.25) is 0 Å². The smallest absolute Gasteiger partial charge is 0.0325 e. The van der Waals surface area contributed by atoms with Gasteiger partial charge in [-0.2, -0.15) is 0 Å². The molecule has 0 aliphatic carbocycles. The average molecular weight is 208 g/mol. The molecule has 0 saturated heterocycles. The SMILES string of the molecule is Cl.Nc1cccc(Br)c1. The number of hydrogen-bond donors (Lipinski definition) is 1. The Hall–Kier alpha value is -0.210. The van der Waals surface area contributed by atoms with Crippen LogP contribution in [-0.2, 0) is 0 Å². The Balaban J connectivity index is 0.000000640. The molecule has 1 rings (SSSR count). The molecule has 0 radical (unpaired) electrons. The minimum atomic E-state index is 0. The van der Waals surface area contributed by atoms with Crippen LogP contribution in [-0.4, -0.2) is 0 Å². The van der Waals surface area contributed by atoms with Crippen molar-refractivity contribution in [2.75, 3.05) is 5.73 Å². The van der Waals surface area contributed by atoms with E-state index in [4.69, 9.17) is 5.73 Å². The first-order valence-corrected chi connectivity index (χ1v) is 3.09. The zero-order valence-corrected chi connectivity index (χ0v) is 7.08. The Morgan fingerprint density at radius 1 is 1.33 bits per heavy atom. The minimum Gasteiger partial charge on any atom is -0.399 e. The first kappa shape index (κ1) is 8.79. The third-order valence-electron chi connectivity index (χ3n) is 0.849. The molecule has 3 heteroatoms. The molecule has 0 saturated carbocycles. The third kappa shape index (κ3) is 2.72. The molecule has 0 spiro atoms. The fourth-order valence-electron chi connectivity index (χ4n) is 0.507. The van der Waals surface area contributed by atoms with E-state index in [1.165, 1.54) is 0 Å². The van der Waals surface area contributed by atoms with Crippen LogP contribution < -0.4 is 5.73 Å². The van der Waals surface area contributed by atoms with Gasteiger partial charge in [0.2, 0.25) is 0 Å². The number of hydrogen-bond acceptors (Lipinski definition) is 1. The first-order chi connectivity index (χ1) is 3.79. The van der Waals surface area contributed by atoms with Gasteiger partial charge in [-0.1, -0.05) is 22.0 Å². The molecule has 0 bridgehead atoms. The summed E-state index contributed by atoms with van der Waals surface area (Å²) in [4.78, 5) is 0. The van der Waals surface area contributed by atoms with Gasteiger partial charge < -0.3 is 5.73 Å². The van der Waals surface area contributed by atoms with Crippen molar-refractivity contribution in [3.05, 3.63) is 28.7 Å². The zero-order chi connectivity index (χ0) is 5.98. The molecule has 0 amide bonds. The van der Waals surface area contributed by atoms with E-state index in [0.29, 0.717) is 0 Å². The molecule has 1 aromatic rings. The van der Waals surface area contributed by atoms with Crippen LogP contribution in [0, 0.1) is 0 Å². The van der Waals surface area contributed by atoms with Gasteiger partial charge >= 0.3 is 0 Å². The Bertz CT molecular complexity index is 173. The first-order valence-electron chi connectivity index (χ1n) is 2.30. The topological polar surface area (TPSA) is 26.0 Å². The van der Waals surface area contributed by atoms with Gasteiger partial charge in [-0.25, -0.2) is 0 Å². The third-order valence-corrected chi connectivity index (χ3v) is 1.34. The average Bonchev–Trinajstić information content (AvgIpc) is 1.64. The highest BCUT2D eigenvalue weighted by molar-refractivity contribution is 9.10. The molecule has 50 valence electrons. The number of halogens is 2.